The van der Waals surface area contributed by atoms with Gasteiger partial charge in [0, 0.05) is 6.04 Å². The maximum atomic E-state index is 12.7. The molecule has 1 fully saturated rings. The molecule has 0 bridgehead atoms. The van der Waals surface area contributed by atoms with Gasteiger partial charge in [-0.05, 0) is 66.8 Å². The average Bonchev–Trinajstić information content (AvgIpc) is 2.74. The number of carbonyl (C=O) groups excluding carboxylic acids is 2. The van der Waals surface area contributed by atoms with Gasteiger partial charge in [-0.3, -0.25) is 4.90 Å². The van der Waals surface area contributed by atoms with Gasteiger partial charge in [-0.2, -0.15) is 0 Å². The summed E-state index contributed by atoms with van der Waals surface area (Å²) in [7, 11) is 0. The Morgan fingerprint density at radius 1 is 1.17 bits per heavy atom. The second kappa shape index (κ2) is 7.55. The summed E-state index contributed by atoms with van der Waals surface area (Å²) in [6, 6.07) is -0.890. The van der Waals surface area contributed by atoms with Gasteiger partial charge < -0.3 is 15.2 Å². The lowest BCUT2D eigenvalue weighted by atomic mass is 9.97. The lowest BCUT2D eigenvalue weighted by Crippen LogP contribution is -2.49. The summed E-state index contributed by atoms with van der Waals surface area (Å²) in [6.45, 7) is 15.1. The van der Waals surface area contributed by atoms with Gasteiger partial charge in [0.25, 0.3) is 0 Å². The SMILES string of the molecule is C=C[C@@H]1C[C@H](C(=O)OC(C)(C)C)N(C(=O)OC(C)(C)C)[C@@H]1CCN. The fourth-order valence-electron chi connectivity index (χ4n) is 2.90. The van der Waals surface area contributed by atoms with Gasteiger partial charge in [0.05, 0.1) is 0 Å². The molecule has 6 nitrogen and oxygen atoms in total. The first-order chi connectivity index (χ1) is 10.9. The van der Waals surface area contributed by atoms with Crippen LogP contribution in [-0.4, -0.2) is 46.8 Å². The minimum atomic E-state index is -0.682. The Bertz CT molecular complexity index is 476. The molecule has 1 aliphatic rings. The third-order valence-corrected chi connectivity index (χ3v) is 3.73. The van der Waals surface area contributed by atoms with Gasteiger partial charge in [-0.25, -0.2) is 9.59 Å². The van der Waals surface area contributed by atoms with Crippen LogP contribution in [0.2, 0.25) is 0 Å². The number of rotatable bonds is 4. The highest BCUT2D eigenvalue weighted by molar-refractivity contribution is 5.83. The van der Waals surface area contributed by atoms with Gasteiger partial charge >= 0.3 is 12.1 Å². The molecule has 0 aromatic heterocycles. The van der Waals surface area contributed by atoms with E-state index in [1.807, 2.05) is 0 Å². The summed E-state index contributed by atoms with van der Waals surface area (Å²) in [4.78, 5) is 26.8. The van der Waals surface area contributed by atoms with E-state index in [1.165, 1.54) is 4.90 Å². The smallest absolute Gasteiger partial charge is 0.411 e. The molecule has 0 spiro atoms. The van der Waals surface area contributed by atoms with E-state index < -0.39 is 29.3 Å². The summed E-state index contributed by atoms with van der Waals surface area (Å²) in [5, 5.41) is 0. The lowest BCUT2D eigenvalue weighted by molar-refractivity contribution is -0.160. The first kappa shape index (κ1) is 20.5. The Morgan fingerprint density at radius 3 is 2.12 bits per heavy atom. The van der Waals surface area contributed by atoms with Crippen molar-refractivity contribution in [3.05, 3.63) is 12.7 Å². The molecule has 1 saturated heterocycles. The van der Waals surface area contributed by atoms with E-state index in [1.54, 1.807) is 47.6 Å². The van der Waals surface area contributed by atoms with E-state index in [0.29, 0.717) is 19.4 Å². The summed E-state index contributed by atoms with van der Waals surface area (Å²) >= 11 is 0. The molecule has 6 heteroatoms. The molecule has 2 N–H and O–H groups in total. The molecule has 1 rings (SSSR count). The summed E-state index contributed by atoms with van der Waals surface area (Å²) in [5.74, 6) is -0.432. The average molecular weight is 340 g/mol. The number of hydrogen-bond donors (Lipinski definition) is 1. The van der Waals surface area contributed by atoms with Crippen LogP contribution in [0.3, 0.4) is 0 Å². The summed E-state index contributed by atoms with van der Waals surface area (Å²) < 4.78 is 11.0. The highest BCUT2D eigenvalue weighted by atomic mass is 16.6. The Balaban J connectivity index is 3.11. The van der Waals surface area contributed by atoms with E-state index in [9.17, 15) is 9.59 Å². The Morgan fingerprint density at radius 2 is 1.71 bits per heavy atom. The molecule has 0 aromatic rings. The van der Waals surface area contributed by atoms with Crippen molar-refractivity contribution in [2.45, 2.75) is 77.7 Å². The molecule has 3 atom stereocenters. The fourth-order valence-corrected chi connectivity index (χ4v) is 2.90. The van der Waals surface area contributed by atoms with E-state index in [2.05, 4.69) is 6.58 Å². The molecule has 0 aromatic carbocycles. The number of nitrogens with two attached hydrogens (primary N) is 1. The number of likely N-dealkylation sites (tertiary alicyclic amines) is 1. The van der Waals surface area contributed by atoms with Gasteiger partial charge in [-0.15, -0.1) is 6.58 Å². The van der Waals surface area contributed by atoms with Crippen molar-refractivity contribution in [1.82, 2.24) is 4.90 Å². The minimum absolute atomic E-state index is 0.0152. The lowest BCUT2D eigenvalue weighted by Gasteiger charge is -2.33. The number of amides is 1. The highest BCUT2D eigenvalue weighted by Crippen LogP contribution is 2.35. The van der Waals surface area contributed by atoms with Gasteiger partial charge in [0.1, 0.15) is 17.2 Å². The first-order valence-electron chi connectivity index (χ1n) is 8.46. The zero-order valence-electron chi connectivity index (χ0n) is 15.8. The molecule has 1 amide bonds. The van der Waals surface area contributed by atoms with Crippen molar-refractivity contribution in [2.75, 3.05) is 6.54 Å². The number of esters is 1. The fraction of sp³-hybridized carbons (Fsp3) is 0.778. The monoisotopic (exact) mass is 340 g/mol. The number of hydrogen-bond acceptors (Lipinski definition) is 5. The van der Waals surface area contributed by atoms with Crippen molar-refractivity contribution >= 4 is 12.1 Å². The molecule has 0 aliphatic carbocycles. The third-order valence-electron chi connectivity index (χ3n) is 3.73. The van der Waals surface area contributed by atoms with Crippen LogP contribution in [-0.2, 0) is 14.3 Å². The topological polar surface area (TPSA) is 81.9 Å². The Labute approximate surface area is 145 Å². The molecular formula is C18H32N2O4. The van der Waals surface area contributed by atoms with Gasteiger partial charge in [0.2, 0.25) is 0 Å². The largest absolute Gasteiger partial charge is 0.458 e. The minimum Gasteiger partial charge on any atom is -0.458 e. The zero-order chi connectivity index (χ0) is 18.7. The number of ether oxygens (including phenoxy) is 2. The predicted molar refractivity (Wildman–Crippen MR) is 93.5 cm³/mol. The van der Waals surface area contributed by atoms with E-state index in [-0.39, 0.29) is 12.0 Å². The maximum absolute atomic E-state index is 12.7. The van der Waals surface area contributed by atoms with Crippen LogP contribution in [0.15, 0.2) is 12.7 Å². The molecular weight excluding hydrogens is 308 g/mol. The van der Waals surface area contributed by atoms with Crippen LogP contribution in [0.25, 0.3) is 0 Å². The van der Waals surface area contributed by atoms with Crippen LogP contribution in [0.4, 0.5) is 4.79 Å². The second-order valence-electron chi connectivity index (χ2n) is 8.22. The van der Waals surface area contributed by atoms with Gasteiger partial charge in [0.15, 0.2) is 0 Å². The zero-order valence-corrected chi connectivity index (χ0v) is 15.8. The van der Waals surface area contributed by atoms with Crippen LogP contribution < -0.4 is 5.73 Å². The number of nitrogens with zero attached hydrogens (tertiary/aromatic N) is 1. The quantitative estimate of drug-likeness (QED) is 0.628. The summed E-state index contributed by atoms with van der Waals surface area (Å²) in [5.41, 5.74) is 4.45. The van der Waals surface area contributed by atoms with E-state index >= 15 is 0 Å². The van der Waals surface area contributed by atoms with Crippen molar-refractivity contribution < 1.29 is 19.1 Å². The molecule has 1 heterocycles. The molecule has 0 unspecified atom stereocenters. The first-order valence-corrected chi connectivity index (χ1v) is 8.46. The third kappa shape index (κ3) is 5.51. The maximum Gasteiger partial charge on any atom is 0.411 e. The van der Waals surface area contributed by atoms with Gasteiger partial charge in [-0.1, -0.05) is 6.08 Å². The molecule has 138 valence electrons. The van der Waals surface area contributed by atoms with Crippen LogP contribution in [0.5, 0.6) is 0 Å². The Kier molecular flexibility index (Phi) is 6.45. The highest BCUT2D eigenvalue weighted by Gasteiger charge is 2.48. The van der Waals surface area contributed by atoms with Crippen molar-refractivity contribution in [3.8, 4) is 0 Å². The molecule has 0 radical (unpaired) electrons. The normalized spacial score (nSPS) is 24.6. The van der Waals surface area contributed by atoms with Crippen molar-refractivity contribution in [2.24, 2.45) is 11.7 Å². The van der Waals surface area contributed by atoms with Crippen molar-refractivity contribution in [1.29, 1.82) is 0 Å². The van der Waals surface area contributed by atoms with E-state index in [4.69, 9.17) is 15.2 Å². The number of carbonyl (C=O) groups is 2. The second-order valence-corrected chi connectivity index (χ2v) is 8.22. The van der Waals surface area contributed by atoms with E-state index in [0.717, 1.165) is 0 Å². The summed E-state index contributed by atoms with van der Waals surface area (Å²) in [6.07, 6.45) is 2.32. The molecule has 0 saturated carbocycles. The van der Waals surface area contributed by atoms with Crippen molar-refractivity contribution in [3.63, 3.8) is 0 Å². The van der Waals surface area contributed by atoms with Crippen LogP contribution >= 0.6 is 0 Å². The standard InChI is InChI=1S/C18H32N2O4/c1-8-12-11-14(15(21)23-17(2,3)4)20(13(12)9-10-19)16(22)24-18(5,6)7/h8,12-14H,1,9-11,19H2,2-7H3/t12-,13-,14-/m1/s1. The predicted octanol–water partition coefficient (Wildman–Crippen LogP) is 2.86. The van der Waals surface area contributed by atoms with Crippen LogP contribution in [0, 0.1) is 5.92 Å². The van der Waals surface area contributed by atoms with Crippen LogP contribution in [0.1, 0.15) is 54.4 Å². The Hall–Kier alpha value is -1.56. The molecule has 1 aliphatic heterocycles. The molecule has 24 heavy (non-hydrogen) atoms.